The summed E-state index contributed by atoms with van der Waals surface area (Å²) < 4.78 is 5.29. The molecule has 3 rings (SSSR count). The van der Waals surface area contributed by atoms with Gasteiger partial charge in [-0.1, -0.05) is 42.5 Å². The minimum absolute atomic E-state index is 0.0623. The van der Waals surface area contributed by atoms with Crippen LogP contribution in [0, 0.1) is 11.8 Å². The molecule has 1 aliphatic heterocycles. The zero-order valence-electron chi connectivity index (χ0n) is 12.2. The van der Waals surface area contributed by atoms with Crippen molar-refractivity contribution in [2.75, 3.05) is 0 Å². The Hall–Kier alpha value is -1.61. The van der Waals surface area contributed by atoms with E-state index in [1.165, 1.54) is 5.56 Å². The van der Waals surface area contributed by atoms with Gasteiger partial charge in [0.05, 0.1) is 12.5 Å². The molecule has 0 spiro atoms. The molecule has 1 saturated carbocycles. The molecule has 0 aromatic heterocycles. The normalized spacial score (nSPS) is 29.6. The molecule has 0 bridgehead atoms. The lowest BCUT2D eigenvalue weighted by atomic mass is 9.92. The Morgan fingerprint density at radius 3 is 2.90 bits per heavy atom. The van der Waals surface area contributed by atoms with Gasteiger partial charge in [-0.15, -0.1) is 0 Å². The molecule has 1 aromatic rings. The van der Waals surface area contributed by atoms with Crippen molar-refractivity contribution in [1.29, 1.82) is 0 Å². The van der Waals surface area contributed by atoms with Crippen molar-refractivity contribution in [3.63, 3.8) is 0 Å². The van der Waals surface area contributed by atoms with E-state index < -0.39 is 6.10 Å². The number of benzene rings is 1. The Morgan fingerprint density at radius 2 is 2.10 bits per heavy atom. The third kappa shape index (κ3) is 3.53. The molecule has 1 aliphatic carbocycles. The molecule has 0 amide bonds. The smallest absolute Gasteiger partial charge is 0.306 e. The first-order chi connectivity index (χ1) is 10.2. The van der Waals surface area contributed by atoms with Gasteiger partial charge in [0.2, 0.25) is 0 Å². The lowest BCUT2D eigenvalue weighted by Gasteiger charge is -2.12. The molecule has 21 heavy (non-hydrogen) atoms. The Balaban J connectivity index is 1.48. The summed E-state index contributed by atoms with van der Waals surface area (Å²) >= 11 is 0. The molecule has 2 aliphatic rings. The molecule has 112 valence electrons. The van der Waals surface area contributed by atoms with Gasteiger partial charge in [-0.25, -0.2) is 0 Å². The number of fused-ring (bicyclic) bond motifs is 1. The second-order valence-electron chi connectivity index (χ2n) is 6.11. The van der Waals surface area contributed by atoms with Gasteiger partial charge in [0.1, 0.15) is 6.10 Å². The lowest BCUT2D eigenvalue weighted by Crippen LogP contribution is -2.13. The van der Waals surface area contributed by atoms with Crippen molar-refractivity contribution in [1.82, 2.24) is 0 Å². The third-order valence-corrected chi connectivity index (χ3v) is 4.65. The van der Waals surface area contributed by atoms with E-state index in [0.29, 0.717) is 18.3 Å². The topological polar surface area (TPSA) is 46.5 Å². The molecule has 1 aromatic carbocycles. The highest BCUT2D eigenvalue weighted by Gasteiger charge is 2.43. The number of rotatable bonds is 5. The van der Waals surface area contributed by atoms with Gasteiger partial charge >= 0.3 is 5.97 Å². The molecule has 1 heterocycles. The van der Waals surface area contributed by atoms with Crippen molar-refractivity contribution in [2.45, 2.75) is 44.3 Å². The third-order valence-electron chi connectivity index (χ3n) is 4.65. The van der Waals surface area contributed by atoms with E-state index in [9.17, 15) is 9.90 Å². The van der Waals surface area contributed by atoms with Gasteiger partial charge in [0.25, 0.3) is 0 Å². The second kappa shape index (κ2) is 6.44. The number of ether oxygens (including phenoxy) is 1. The predicted octanol–water partition coefficient (Wildman–Crippen LogP) is 2.88. The average molecular weight is 286 g/mol. The van der Waals surface area contributed by atoms with E-state index >= 15 is 0 Å². The molecule has 1 saturated heterocycles. The quantitative estimate of drug-likeness (QED) is 0.669. The Morgan fingerprint density at radius 1 is 1.29 bits per heavy atom. The summed E-state index contributed by atoms with van der Waals surface area (Å²) in [6, 6.07) is 10.2. The minimum atomic E-state index is -0.415. The number of allylic oxidation sites excluding steroid dienone is 1. The molecule has 3 heteroatoms. The summed E-state index contributed by atoms with van der Waals surface area (Å²) in [5, 5.41) is 10.1. The van der Waals surface area contributed by atoms with Gasteiger partial charge in [-0.05, 0) is 37.2 Å². The minimum Gasteiger partial charge on any atom is -0.462 e. The fourth-order valence-corrected chi connectivity index (χ4v) is 3.46. The number of hydrogen-bond donors (Lipinski definition) is 1. The average Bonchev–Trinajstić information content (AvgIpc) is 3.03. The zero-order chi connectivity index (χ0) is 14.7. The van der Waals surface area contributed by atoms with Crippen molar-refractivity contribution in [3.8, 4) is 0 Å². The van der Waals surface area contributed by atoms with E-state index in [1.807, 2.05) is 24.3 Å². The highest BCUT2D eigenvalue weighted by atomic mass is 16.5. The van der Waals surface area contributed by atoms with E-state index in [-0.39, 0.29) is 12.1 Å². The van der Waals surface area contributed by atoms with Gasteiger partial charge in [0, 0.05) is 5.92 Å². The maximum absolute atomic E-state index is 11.3. The number of hydrogen-bond acceptors (Lipinski definition) is 3. The molecular weight excluding hydrogens is 264 g/mol. The summed E-state index contributed by atoms with van der Waals surface area (Å²) in [6.07, 6.45) is 7.88. The Bertz CT molecular complexity index is 508. The van der Waals surface area contributed by atoms with E-state index in [1.54, 1.807) is 0 Å². The van der Waals surface area contributed by atoms with Crippen LogP contribution in [0.2, 0.25) is 0 Å². The van der Waals surface area contributed by atoms with Gasteiger partial charge in [-0.2, -0.15) is 0 Å². The number of esters is 1. The summed E-state index contributed by atoms with van der Waals surface area (Å²) in [7, 11) is 0. The van der Waals surface area contributed by atoms with E-state index in [0.717, 1.165) is 25.7 Å². The fourth-order valence-electron chi connectivity index (χ4n) is 3.46. The molecule has 4 atom stereocenters. The van der Waals surface area contributed by atoms with Crippen LogP contribution >= 0.6 is 0 Å². The van der Waals surface area contributed by atoms with Crippen LogP contribution in [0.4, 0.5) is 0 Å². The van der Waals surface area contributed by atoms with Crippen molar-refractivity contribution in [2.24, 2.45) is 11.8 Å². The predicted molar refractivity (Wildman–Crippen MR) is 80.6 cm³/mol. The standard InChI is InChI=1S/C18H22O3/c19-15(9-6-13-4-2-1-3-5-13)10-7-14-8-11-17-16(14)12-18(20)21-17/h1-5,7,10,14-17,19H,6,8-9,11-12H2/b10-7+/t14-,15?,16+,17?/m1/s1. The van der Waals surface area contributed by atoms with Crippen LogP contribution in [-0.4, -0.2) is 23.3 Å². The lowest BCUT2D eigenvalue weighted by molar-refractivity contribution is -0.141. The number of carbonyl (C=O) groups excluding carboxylic acids is 1. The highest BCUT2D eigenvalue weighted by Crippen LogP contribution is 2.41. The molecule has 2 fully saturated rings. The summed E-state index contributed by atoms with van der Waals surface area (Å²) in [4.78, 5) is 11.3. The molecule has 3 nitrogen and oxygen atoms in total. The molecule has 0 radical (unpaired) electrons. The molecule has 1 N–H and O–H groups in total. The van der Waals surface area contributed by atoms with Crippen LogP contribution < -0.4 is 0 Å². The van der Waals surface area contributed by atoms with Gasteiger partial charge < -0.3 is 9.84 Å². The summed E-state index contributed by atoms with van der Waals surface area (Å²) in [5.74, 6) is 0.649. The summed E-state index contributed by atoms with van der Waals surface area (Å²) in [6.45, 7) is 0. The van der Waals surface area contributed by atoms with Crippen molar-refractivity contribution < 1.29 is 14.6 Å². The SMILES string of the molecule is O=C1C[C@@H]2C(CC[C@H]2/C=C/C(O)CCc2ccccc2)O1. The van der Waals surface area contributed by atoms with E-state index in [4.69, 9.17) is 4.74 Å². The van der Waals surface area contributed by atoms with Gasteiger partial charge in [0.15, 0.2) is 0 Å². The number of aliphatic hydroxyl groups is 1. The van der Waals surface area contributed by atoms with E-state index in [2.05, 4.69) is 18.2 Å². The summed E-state index contributed by atoms with van der Waals surface area (Å²) in [5.41, 5.74) is 1.25. The maximum atomic E-state index is 11.3. The largest absolute Gasteiger partial charge is 0.462 e. The van der Waals surface area contributed by atoms with Crippen molar-refractivity contribution >= 4 is 5.97 Å². The first-order valence-corrected chi connectivity index (χ1v) is 7.82. The first-order valence-electron chi connectivity index (χ1n) is 7.82. The molecular formula is C18H22O3. The zero-order valence-corrected chi connectivity index (χ0v) is 12.2. The van der Waals surface area contributed by atoms with Crippen LogP contribution in [0.5, 0.6) is 0 Å². The van der Waals surface area contributed by atoms with Crippen LogP contribution in [0.1, 0.15) is 31.2 Å². The number of aryl methyl sites for hydroxylation is 1. The number of carbonyl (C=O) groups is 1. The number of aliphatic hydroxyl groups excluding tert-OH is 1. The van der Waals surface area contributed by atoms with Crippen LogP contribution in [0.15, 0.2) is 42.5 Å². The van der Waals surface area contributed by atoms with Crippen LogP contribution in [0.25, 0.3) is 0 Å². The Kier molecular flexibility index (Phi) is 4.39. The van der Waals surface area contributed by atoms with Crippen molar-refractivity contribution in [3.05, 3.63) is 48.0 Å². The highest BCUT2D eigenvalue weighted by molar-refractivity contribution is 5.72. The van der Waals surface area contributed by atoms with Gasteiger partial charge in [-0.3, -0.25) is 4.79 Å². The van der Waals surface area contributed by atoms with Crippen LogP contribution in [-0.2, 0) is 16.0 Å². The van der Waals surface area contributed by atoms with Crippen LogP contribution in [0.3, 0.4) is 0 Å². The maximum Gasteiger partial charge on any atom is 0.306 e. The Labute approximate surface area is 125 Å². The second-order valence-corrected chi connectivity index (χ2v) is 6.11. The first kappa shape index (κ1) is 14.3. The fraction of sp³-hybridized carbons (Fsp3) is 0.500. The monoisotopic (exact) mass is 286 g/mol. The molecule has 2 unspecified atom stereocenters.